The van der Waals surface area contributed by atoms with Gasteiger partial charge in [-0.25, -0.2) is 4.39 Å². The third-order valence-electron chi connectivity index (χ3n) is 4.19. The zero-order valence-electron chi connectivity index (χ0n) is 13.3. The Kier molecular flexibility index (Phi) is 5.71. The summed E-state index contributed by atoms with van der Waals surface area (Å²) in [4.78, 5) is 23.6. The van der Waals surface area contributed by atoms with Crippen molar-refractivity contribution in [3.63, 3.8) is 0 Å². The molecule has 3 N–H and O–H groups in total. The number of halogens is 1. The van der Waals surface area contributed by atoms with E-state index in [1.807, 2.05) is 0 Å². The molecule has 0 saturated heterocycles. The van der Waals surface area contributed by atoms with Gasteiger partial charge in [0.25, 0.3) is 5.91 Å². The normalized spacial score (nSPS) is 16.1. The number of hydrogen-bond acceptors (Lipinski definition) is 3. The molecular formula is C17H23FN2O3. The van der Waals surface area contributed by atoms with E-state index in [-0.39, 0.29) is 36.9 Å². The Hall–Kier alpha value is -1.95. The fourth-order valence-corrected chi connectivity index (χ4v) is 2.79. The SMILES string of the molecule is Cc1ccc(C(=O)NCCNC(=O)CC2(O)CCCC2)cc1F. The highest BCUT2D eigenvalue weighted by Gasteiger charge is 2.33. The molecule has 1 saturated carbocycles. The van der Waals surface area contributed by atoms with Crippen molar-refractivity contribution < 1.29 is 19.1 Å². The first kappa shape index (κ1) is 17.4. The molecule has 2 rings (SSSR count). The predicted octanol–water partition coefficient (Wildman–Crippen LogP) is 1.68. The minimum atomic E-state index is -0.868. The van der Waals surface area contributed by atoms with E-state index >= 15 is 0 Å². The van der Waals surface area contributed by atoms with Crippen LogP contribution in [0.1, 0.15) is 48.0 Å². The topological polar surface area (TPSA) is 78.4 Å². The molecule has 1 fully saturated rings. The van der Waals surface area contributed by atoms with Crippen LogP contribution in [-0.2, 0) is 4.79 Å². The number of carbonyl (C=O) groups is 2. The first-order chi connectivity index (χ1) is 10.9. The van der Waals surface area contributed by atoms with Crippen molar-refractivity contribution in [2.75, 3.05) is 13.1 Å². The molecule has 0 heterocycles. The van der Waals surface area contributed by atoms with Gasteiger partial charge in [-0.3, -0.25) is 9.59 Å². The maximum atomic E-state index is 13.4. The standard InChI is InChI=1S/C17H23FN2O3/c1-12-4-5-13(10-14(12)18)16(22)20-9-8-19-15(21)11-17(23)6-2-3-7-17/h4-5,10,23H,2-3,6-9,11H2,1H3,(H,19,21)(H,20,22). The summed E-state index contributed by atoms with van der Waals surface area (Å²) in [6.07, 6.45) is 3.33. The average molecular weight is 322 g/mol. The lowest BCUT2D eigenvalue weighted by molar-refractivity contribution is -0.125. The summed E-state index contributed by atoms with van der Waals surface area (Å²) in [6.45, 7) is 2.15. The summed E-state index contributed by atoms with van der Waals surface area (Å²) in [6, 6.07) is 4.30. The van der Waals surface area contributed by atoms with Gasteiger partial charge < -0.3 is 15.7 Å². The van der Waals surface area contributed by atoms with Crippen LogP contribution in [0.3, 0.4) is 0 Å². The smallest absolute Gasteiger partial charge is 0.251 e. The quantitative estimate of drug-likeness (QED) is 0.697. The highest BCUT2D eigenvalue weighted by Crippen LogP contribution is 2.32. The molecular weight excluding hydrogens is 299 g/mol. The third-order valence-corrected chi connectivity index (χ3v) is 4.19. The van der Waals surface area contributed by atoms with Crippen LogP contribution in [0, 0.1) is 12.7 Å². The van der Waals surface area contributed by atoms with E-state index < -0.39 is 11.4 Å². The summed E-state index contributed by atoms with van der Waals surface area (Å²) in [5, 5.41) is 15.4. The molecule has 0 radical (unpaired) electrons. The fraction of sp³-hybridized carbons (Fsp3) is 0.529. The van der Waals surface area contributed by atoms with E-state index in [0.29, 0.717) is 18.4 Å². The lowest BCUT2D eigenvalue weighted by atomic mass is 9.98. The van der Waals surface area contributed by atoms with Gasteiger partial charge in [0.2, 0.25) is 5.91 Å². The Morgan fingerprint density at radius 1 is 1.22 bits per heavy atom. The minimum Gasteiger partial charge on any atom is -0.389 e. The minimum absolute atomic E-state index is 0.101. The summed E-state index contributed by atoms with van der Waals surface area (Å²) < 4.78 is 13.4. The molecule has 0 bridgehead atoms. The Balaban J connectivity index is 1.69. The summed E-state index contributed by atoms with van der Waals surface area (Å²) >= 11 is 0. The molecule has 126 valence electrons. The van der Waals surface area contributed by atoms with Crippen LogP contribution in [-0.4, -0.2) is 35.6 Å². The number of aliphatic hydroxyl groups is 1. The van der Waals surface area contributed by atoms with E-state index in [2.05, 4.69) is 10.6 Å². The Morgan fingerprint density at radius 3 is 2.52 bits per heavy atom. The summed E-state index contributed by atoms with van der Waals surface area (Å²) in [5.41, 5.74) is -0.134. The molecule has 0 unspecified atom stereocenters. The van der Waals surface area contributed by atoms with E-state index in [4.69, 9.17) is 0 Å². The van der Waals surface area contributed by atoms with Crippen molar-refractivity contribution >= 4 is 11.8 Å². The van der Waals surface area contributed by atoms with Crippen LogP contribution in [0.25, 0.3) is 0 Å². The first-order valence-corrected chi connectivity index (χ1v) is 7.93. The Morgan fingerprint density at radius 2 is 1.87 bits per heavy atom. The van der Waals surface area contributed by atoms with E-state index in [1.54, 1.807) is 19.1 Å². The Labute approximate surface area is 135 Å². The van der Waals surface area contributed by atoms with Gasteiger partial charge in [-0.2, -0.15) is 0 Å². The largest absolute Gasteiger partial charge is 0.389 e. The number of carbonyl (C=O) groups excluding carboxylic acids is 2. The Bertz CT molecular complexity index is 583. The van der Waals surface area contributed by atoms with Crippen LogP contribution >= 0.6 is 0 Å². The molecule has 5 nitrogen and oxygen atoms in total. The average Bonchev–Trinajstić information content (AvgIpc) is 2.92. The second-order valence-electron chi connectivity index (χ2n) is 6.18. The van der Waals surface area contributed by atoms with Gasteiger partial charge in [0.1, 0.15) is 5.82 Å². The van der Waals surface area contributed by atoms with E-state index in [0.717, 1.165) is 12.8 Å². The van der Waals surface area contributed by atoms with Crippen LogP contribution in [0.2, 0.25) is 0 Å². The monoisotopic (exact) mass is 322 g/mol. The number of benzene rings is 1. The van der Waals surface area contributed by atoms with Crippen LogP contribution in [0.15, 0.2) is 18.2 Å². The van der Waals surface area contributed by atoms with Crippen molar-refractivity contribution in [2.24, 2.45) is 0 Å². The van der Waals surface area contributed by atoms with Crippen LogP contribution in [0.5, 0.6) is 0 Å². The van der Waals surface area contributed by atoms with Gasteiger partial charge in [0.15, 0.2) is 0 Å². The molecule has 1 aromatic rings. The predicted molar refractivity (Wildman–Crippen MR) is 84.5 cm³/mol. The lowest BCUT2D eigenvalue weighted by Gasteiger charge is -2.21. The molecule has 1 aliphatic rings. The molecule has 0 aliphatic heterocycles. The zero-order chi connectivity index (χ0) is 16.9. The molecule has 1 aromatic carbocycles. The van der Waals surface area contributed by atoms with E-state index in [1.165, 1.54) is 6.07 Å². The van der Waals surface area contributed by atoms with E-state index in [9.17, 15) is 19.1 Å². The van der Waals surface area contributed by atoms with Gasteiger partial charge >= 0.3 is 0 Å². The van der Waals surface area contributed by atoms with Crippen LogP contribution in [0.4, 0.5) is 4.39 Å². The highest BCUT2D eigenvalue weighted by molar-refractivity contribution is 5.94. The highest BCUT2D eigenvalue weighted by atomic mass is 19.1. The van der Waals surface area contributed by atoms with Gasteiger partial charge in [0.05, 0.1) is 12.0 Å². The maximum absolute atomic E-state index is 13.4. The van der Waals surface area contributed by atoms with Gasteiger partial charge in [0, 0.05) is 18.7 Å². The van der Waals surface area contributed by atoms with Crippen molar-refractivity contribution in [3.05, 3.63) is 35.1 Å². The van der Waals surface area contributed by atoms with Crippen molar-refractivity contribution in [3.8, 4) is 0 Å². The molecule has 1 aliphatic carbocycles. The van der Waals surface area contributed by atoms with Crippen molar-refractivity contribution in [1.82, 2.24) is 10.6 Å². The molecule has 0 spiro atoms. The number of hydrogen-bond donors (Lipinski definition) is 3. The fourth-order valence-electron chi connectivity index (χ4n) is 2.79. The summed E-state index contributed by atoms with van der Waals surface area (Å²) in [5.74, 6) is -1.02. The number of nitrogens with one attached hydrogen (secondary N) is 2. The number of aryl methyl sites for hydroxylation is 1. The van der Waals surface area contributed by atoms with Gasteiger partial charge in [-0.05, 0) is 37.5 Å². The molecule has 0 aromatic heterocycles. The van der Waals surface area contributed by atoms with Gasteiger partial charge in [-0.1, -0.05) is 18.9 Å². The molecule has 0 atom stereocenters. The van der Waals surface area contributed by atoms with Gasteiger partial charge in [-0.15, -0.1) is 0 Å². The lowest BCUT2D eigenvalue weighted by Crippen LogP contribution is -2.38. The van der Waals surface area contributed by atoms with Crippen molar-refractivity contribution in [2.45, 2.75) is 44.6 Å². The third kappa shape index (κ3) is 5.03. The second kappa shape index (κ2) is 7.55. The number of rotatable bonds is 6. The maximum Gasteiger partial charge on any atom is 0.251 e. The molecule has 23 heavy (non-hydrogen) atoms. The molecule has 6 heteroatoms. The van der Waals surface area contributed by atoms with Crippen molar-refractivity contribution in [1.29, 1.82) is 0 Å². The second-order valence-corrected chi connectivity index (χ2v) is 6.18. The zero-order valence-corrected chi connectivity index (χ0v) is 13.3. The summed E-state index contributed by atoms with van der Waals surface area (Å²) in [7, 11) is 0. The van der Waals surface area contributed by atoms with Crippen LogP contribution < -0.4 is 10.6 Å². The number of amides is 2. The molecule has 2 amide bonds. The first-order valence-electron chi connectivity index (χ1n) is 7.93.